The minimum Gasteiger partial charge on any atom is -0.303 e. The third-order valence-corrected chi connectivity index (χ3v) is 2.45. The molecule has 0 N–H and O–H groups in total. The molecule has 0 unspecified atom stereocenters. The summed E-state index contributed by atoms with van der Waals surface area (Å²) < 4.78 is 12.6. The molecule has 1 aromatic rings. The summed E-state index contributed by atoms with van der Waals surface area (Å²) in [6.45, 7) is 5.61. The van der Waals surface area contributed by atoms with Crippen LogP contribution >= 0.6 is 0 Å². The highest BCUT2D eigenvalue weighted by atomic mass is 19.1. The first-order chi connectivity index (χ1) is 7.13. The Labute approximate surface area is 89.6 Å². The maximum Gasteiger partial charge on any atom is 0.127 e. The molecule has 0 aliphatic heterocycles. The van der Waals surface area contributed by atoms with E-state index in [9.17, 15) is 9.18 Å². The molecule has 0 bridgehead atoms. The summed E-state index contributed by atoms with van der Waals surface area (Å²) in [5, 5.41) is 0. The molecule has 0 heterocycles. The van der Waals surface area contributed by atoms with Crippen LogP contribution in [0, 0.1) is 11.7 Å². The molecule has 0 fully saturated rings. The van der Waals surface area contributed by atoms with E-state index < -0.39 is 0 Å². The number of halogens is 1. The Morgan fingerprint density at radius 3 is 2.53 bits per heavy atom. The predicted molar refractivity (Wildman–Crippen MR) is 59.1 cm³/mol. The SMILES string of the molecule is C=C(C)[C@@H](C=O)CCc1ccc(F)cc1. The third-order valence-electron chi connectivity index (χ3n) is 2.45. The maximum absolute atomic E-state index is 12.6. The van der Waals surface area contributed by atoms with Crippen LogP contribution in [0.25, 0.3) is 0 Å². The van der Waals surface area contributed by atoms with Crippen molar-refractivity contribution in [1.82, 2.24) is 0 Å². The van der Waals surface area contributed by atoms with Crippen LogP contribution in [0.5, 0.6) is 0 Å². The lowest BCUT2D eigenvalue weighted by molar-refractivity contribution is -0.110. The van der Waals surface area contributed by atoms with E-state index in [1.807, 2.05) is 6.92 Å². The van der Waals surface area contributed by atoms with Gasteiger partial charge in [0.15, 0.2) is 0 Å². The zero-order chi connectivity index (χ0) is 11.3. The summed E-state index contributed by atoms with van der Waals surface area (Å²) in [5.74, 6) is -0.319. The van der Waals surface area contributed by atoms with E-state index in [0.29, 0.717) is 0 Å². The van der Waals surface area contributed by atoms with Crippen molar-refractivity contribution in [3.05, 3.63) is 47.8 Å². The maximum atomic E-state index is 12.6. The van der Waals surface area contributed by atoms with Gasteiger partial charge in [0.1, 0.15) is 12.1 Å². The second-order valence-electron chi connectivity index (χ2n) is 3.75. The summed E-state index contributed by atoms with van der Waals surface area (Å²) in [5.41, 5.74) is 1.93. The van der Waals surface area contributed by atoms with Crippen LogP contribution < -0.4 is 0 Å². The molecule has 0 aromatic heterocycles. The van der Waals surface area contributed by atoms with E-state index in [1.165, 1.54) is 12.1 Å². The minimum absolute atomic E-state index is 0.0879. The molecule has 0 radical (unpaired) electrons. The van der Waals surface area contributed by atoms with E-state index in [2.05, 4.69) is 6.58 Å². The number of carbonyl (C=O) groups is 1. The average Bonchev–Trinajstić information content (AvgIpc) is 2.21. The second-order valence-corrected chi connectivity index (χ2v) is 3.75. The van der Waals surface area contributed by atoms with Gasteiger partial charge in [0.25, 0.3) is 0 Å². The molecule has 80 valence electrons. The van der Waals surface area contributed by atoms with Crippen molar-refractivity contribution in [2.24, 2.45) is 5.92 Å². The number of carbonyl (C=O) groups excluding carboxylic acids is 1. The van der Waals surface area contributed by atoms with Gasteiger partial charge < -0.3 is 4.79 Å². The number of hydrogen-bond donors (Lipinski definition) is 0. The quantitative estimate of drug-likeness (QED) is 0.534. The van der Waals surface area contributed by atoms with Crippen molar-refractivity contribution in [2.45, 2.75) is 19.8 Å². The highest BCUT2D eigenvalue weighted by Gasteiger charge is 2.07. The van der Waals surface area contributed by atoms with Crippen molar-refractivity contribution in [3.8, 4) is 0 Å². The van der Waals surface area contributed by atoms with Crippen LogP contribution in [-0.4, -0.2) is 6.29 Å². The zero-order valence-electron chi connectivity index (χ0n) is 8.87. The largest absolute Gasteiger partial charge is 0.303 e. The molecule has 0 aliphatic carbocycles. The summed E-state index contributed by atoms with van der Waals surface area (Å²) in [6, 6.07) is 6.36. The van der Waals surface area contributed by atoms with Gasteiger partial charge in [-0.1, -0.05) is 24.3 Å². The standard InChI is InChI=1S/C13H15FO/c1-10(2)12(9-15)6-3-11-4-7-13(14)8-5-11/h4-5,7-9,12H,1,3,6H2,2H3/t12-/m1/s1. The molecule has 0 aliphatic rings. The Kier molecular flexibility index (Phi) is 4.22. The fourth-order valence-electron chi connectivity index (χ4n) is 1.40. The molecule has 0 saturated carbocycles. The lowest BCUT2D eigenvalue weighted by atomic mass is 9.95. The van der Waals surface area contributed by atoms with E-state index in [4.69, 9.17) is 0 Å². The van der Waals surface area contributed by atoms with Crippen LogP contribution in [0.4, 0.5) is 4.39 Å². The number of rotatable bonds is 5. The Bertz CT molecular complexity index is 340. The van der Waals surface area contributed by atoms with Crippen molar-refractivity contribution < 1.29 is 9.18 Å². The van der Waals surface area contributed by atoms with Gasteiger partial charge in [-0.05, 0) is 37.5 Å². The van der Waals surface area contributed by atoms with E-state index in [1.54, 1.807) is 12.1 Å². The molecule has 1 nitrogen and oxygen atoms in total. The van der Waals surface area contributed by atoms with Crippen molar-refractivity contribution >= 4 is 6.29 Å². The number of allylic oxidation sites excluding steroid dienone is 1. The summed E-state index contributed by atoms with van der Waals surface area (Å²) in [6.07, 6.45) is 2.44. The van der Waals surface area contributed by atoms with Gasteiger partial charge in [0.2, 0.25) is 0 Å². The van der Waals surface area contributed by atoms with Crippen molar-refractivity contribution in [2.75, 3.05) is 0 Å². The van der Waals surface area contributed by atoms with Gasteiger partial charge in [-0.3, -0.25) is 0 Å². The first kappa shape index (κ1) is 11.6. The molecular formula is C13H15FO. The highest BCUT2D eigenvalue weighted by Crippen LogP contribution is 2.14. The minimum atomic E-state index is -0.231. The Balaban J connectivity index is 2.52. The summed E-state index contributed by atoms with van der Waals surface area (Å²) in [7, 11) is 0. The molecule has 2 heteroatoms. The zero-order valence-corrected chi connectivity index (χ0v) is 8.87. The number of hydrogen-bond acceptors (Lipinski definition) is 1. The smallest absolute Gasteiger partial charge is 0.127 e. The monoisotopic (exact) mass is 206 g/mol. The molecule has 1 atom stereocenters. The second kappa shape index (κ2) is 5.44. The summed E-state index contributed by atoms with van der Waals surface area (Å²) in [4.78, 5) is 10.7. The van der Waals surface area contributed by atoms with Crippen molar-refractivity contribution in [3.63, 3.8) is 0 Å². The number of aldehydes is 1. The van der Waals surface area contributed by atoms with Crippen LogP contribution in [0.3, 0.4) is 0 Å². The molecule has 0 amide bonds. The van der Waals surface area contributed by atoms with Crippen molar-refractivity contribution in [1.29, 1.82) is 0 Å². The normalized spacial score (nSPS) is 12.1. The Hall–Kier alpha value is -1.44. The molecule has 0 spiro atoms. The molecule has 1 aromatic carbocycles. The highest BCUT2D eigenvalue weighted by molar-refractivity contribution is 5.58. The fraction of sp³-hybridized carbons (Fsp3) is 0.308. The third kappa shape index (κ3) is 3.66. The Morgan fingerprint density at radius 2 is 2.07 bits per heavy atom. The number of benzene rings is 1. The topological polar surface area (TPSA) is 17.1 Å². The van der Waals surface area contributed by atoms with Gasteiger partial charge in [0.05, 0.1) is 0 Å². The van der Waals surface area contributed by atoms with Gasteiger partial charge in [-0.2, -0.15) is 0 Å². The predicted octanol–water partition coefficient (Wildman–Crippen LogP) is 3.15. The van der Waals surface area contributed by atoms with E-state index in [0.717, 1.165) is 30.3 Å². The van der Waals surface area contributed by atoms with Crippen LogP contribution in [0.1, 0.15) is 18.9 Å². The molecular weight excluding hydrogens is 191 g/mol. The lowest BCUT2D eigenvalue weighted by Crippen LogP contribution is -2.04. The van der Waals surface area contributed by atoms with Gasteiger partial charge in [-0.25, -0.2) is 4.39 Å². The molecule has 15 heavy (non-hydrogen) atoms. The number of aryl methyl sites for hydroxylation is 1. The van der Waals surface area contributed by atoms with Crippen LogP contribution in [-0.2, 0) is 11.2 Å². The van der Waals surface area contributed by atoms with Gasteiger partial charge in [0, 0.05) is 5.92 Å². The molecule has 0 saturated heterocycles. The average molecular weight is 206 g/mol. The molecule has 1 rings (SSSR count). The fourth-order valence-corrected chi connectivity index (χ4v) is 1.40. The lowest BCUT2D eigenvalue weighted by Gasteiger charge is -2.09. The van der Waals surface area contributed by atoms with Gasteiger partial charge in [-0.15, -0.1) is 0 Å². The van der Waals surface area contributed by atoms with E-state index in [-0.39, 0.29) is 11.7 Å². The van der Waals surface area contributed by atoms with Crippen LogP contribution in [0.2, 0.25) is 0 Å². The summed E-state index contributed by atoms with van der Waals surface area (Å²) >= 11 is 0. The van der Waals surface area contributed by atoms with Gasteiger partial charge >= 0.3 is 0 Å². The van der Waals surface area contributed by atoms with E-state index >= 15 is 0 Å². The van der Waals surface area contributed by atoms with Crippen LogP contribution in [0.15, 0.2) is 36.4 Å². The first-order valence-electron chi connectivity index (χ1n) is 4.98. The Morgan fingerprint density at radius 1 is 1.47 bits per heavy atom. The first-order valence-corrected chi connectivity index (χ1v) is 4.98.